The van der Waals surface area contributed by atoms with Crippen LogP contribution in [0.1, 0.15) is 28.3 Å². The number of halogens is 4. The third kappa shape index (κ3) is 3.06. The average Bonchev–Trinajstić information content (AvgIpc) is 2.38. The highest BCUT2D eigenvalue weighted by atomic mass is 35.5. The van der Waals surface area contributed by atoms with Crippen molar-refractivity contribution < 1.29 is 13.2 Å². The van der Waals surface area contributed by atoms with E-state index >= 15 is 0 Å². The summed E-state index contributed by atoms with van der Waals surface area (Å²) in [6.45, 7) is 3.79. The number of hydrogen-bond acceptors (Lipinski definition) is 1. The van der Waals surface area contributed by atoms with E-state index in [0.29, 0.717) is 22.7 Å². The van der Waals surface area contributed by atoms with E-state index in [4.69, 9.17) is 11.6 Å². The highest BCUT2D eigenvalue weighted by Crippen LogP contribution is 2.33. The predicted molar refractivity (Wildman–Crippen MR) is 78.1 cm³/mol. The molecule has 0 saturated heterocycles. The second kappa shape index (κ2) is 6.08. The lowest BCUT2D eigenvalue weighted by Crippen LogP contribution is -2.21. The summed E-state index contributed by atoms with van der Waals surface area (Å²) in [5, 5.41) is 3.24. The summed E-state index contributed by atoms with van der Waals surface area (Å²) in [6.07, 6.45) is 0. The van der Waals surface area contributed by atoms with E-state index in [1.54, 1.807) is 19.2 Å². The SMILES string of the molecule is CNC(c1cc(C)c(C)cc1Cl)c1c(F)cc(F)cc1F. The summed E-state index contributed by atoms with van der Waals surface area (Å²) < 4.78 is 41.0. The minimum atomic E-state index is -0.949. The lowest BCUT2D eigenvalue weighted by Gasteiger charge is -2.21. The van der Waals surface area contributed by atoms with Gasteiger partial charge in [-0.25, -0.2) is 13.2 Å². The Kier molecular flexibility index (Phi) is 4.59. The van der Waals surface area contributed by atoms with Gasteiger partial charge >= 0.3 is 0 Å². The van der Waals surface area contributed by atoms with Crippen LogP contribution >= 0.6 is 11.6 Å². The Morgan fingerprint density at radius 3 is 2.00 bits per heavy atom. The largest absolute Gasteiger partial charge is 0.309 e. The first-order valence-corrected chi connectivity index (χ1v) is 6.81. The number of rotatable bonds is 3. The van der Waals surface area contributed by atoms with Gasteiger partial charge in [-0.3, -0.25) is 0 Å². The molecule has 0 fully saturated rings. The summed E-state index contributed by atoms with van der Waals surface area (Å²) in [4.78, 5) is 0. The lowest BCUT2D eigenvalue weighted by atomic mass is 9.94. The summed E-state index contributed by atoms with van der Waals surface area (Å²) in [5.74, 6) is -2.84. The van der Waals surface area contributed by atoms with Crippen molar-refractivity contribution in [3.8, 4) is 0 Å². The van der Waals surface area contributed by atoms with Gasteiger partial charge in [-0.15, -0.1) is 0 Å². The van der Waals surface area contributed by atoms with Crippen molar-refractivity contribution >= 4 is 11.6 Å². The molecular formula is C16H15ClF3N. The standard InChI is InChI=1S/C16H15ClF3N/c1-8-4-11(12(17)5-9(8)2)16(21-3)15-13(19)6-10(18)7-14(15)20/h4-7,16,21H,1-3H3. The third-order valence-corrected chi connectivity index (χ3v) is 3.87. The molecule has 1 N–H and O–H groups in total. The molecule has 1 atom stereocenters. The Morgan fingerprint density at radius 1 is 0.952 bits per heavy atom. The van der Waals surface area contributed by atoms with Gasteiger partial charge in [0, 0.05) is 22.7 Å². The zero-order valence-corrected chi connectivity index (χ0v) is 12.7. The predicted octanol–water partition coefficient (Wildman–Crippen LogP) is 4.68. The first-order chi connectivity index (χ1) is 9.85. The fourth-order valence-electron chi connectivity index (χ4n) is 2.31. The molecule has 0 radical (unpaired) electrons. The van der Waals surface area contributed by atoms with Crippen LogP contribution in [0.2, 0.25) is 5.02 Å². The van der Waals surface area contributed by atoms with Crippen molar-refractivity contribution in [1.82, 2.24) is 5.32 Å². The quantitative estimate of drug-likeness (QED) is 0.867. The molecule has 0 heterocycles. The van der Waals surface area contributed by atoms with Gasteiger partial charge in [0.05, 0.1) is 6.04 Å². The number of aryl methyl sites for hydroxylation is 2. The van der Waals surface area contributed by atoms with Crippen LogP contribution in [0.3, 0.4) is 0 Å². The van der Waals surface area contributed by atoms with E-state index in [9.17, 15) is 13.2 Å². The molecule has 2 aromatic rings. The Hall–Kier alpha value is -1.52. The van der Waals surface area contributed by atoms with Crippen LogP contribution in [0.25, 0.3) is 0 Å². The maximum absolute atomic E-state index is 14.0. The Labute approximate surface area is 126 Å². The van der Waals surface area contributed by atoms with E-state index in [1.807, 2.05) is 13.8 Å². The average molecular weight is 314 g/mol. The minimum absolute atomic E-state index is 0.246. The molecule has 0 saturated carbocycles. The van der Waals surface area contributed by atoms with Crippen LogP contribution in [-0.4, -0.2) is 7.05 Å². The lowest BCUT2D eigenvalue weighted by molar-refractivity contribution is 0.500. The highest BCUT2D eigenvalue weighted by Gasteiger charge is 2.24. The molecule has 21 heavy (non-hydrogen) atoms. The van der Waals surface area contributed by atoms with Crippen molar-refractivity contribution in [2.75, 3.05) is 7.05 Å². The van der Waals surface area contributed by atoms with Crippen LogP contribution in [0.4, 0.5) is 13.2 Å². The number of nitrogens with one attached hydrogen (secondary N) is 1. The summed E-state index contributed by atoms with van der Waals surface area (Å²) in [7, 11) is 1.57. The second-order valence-electron chi connectivity index (χ2n) is 4.96. The Balaban J connectivity index is 2.63. The third-order valence-electron chi connectivity index (χ3n) is 3.55. The zero-order chi connectivity index (χ0) is 15.7. The van der Waals surface area contributed by atoms with Gasteiger partial charge in [0.15, 0.2) is 0 Å². The van der Waals surface area contributed by atoms with Crippen molar-refractivity contribution in [2.45, 2.75) is 19.9 Å². The van der Waals surface area contributed by atoms with Crippen molar-refractivity contribution in [3.63, 3.8) is 0 Å². The molecule has 5 heteroatoms. The van der Waals surface area contributed by atoms with Crippen molar-refractivity contribution in [1.29, 1.82) is 0 Å². The maximum Gasteiger partial charge on any atom is 0.134 e. The molecule has 0 aliphatic heterocycles. The molecule has 0 aromatic heterocycles. The van der Waals surface area contributed by atoms with Gasteiger partial charge < -0.3 is 5.32 Å². The van der Waals surface area contributed by atoms with E-state index in [-0.39, 0.29) is 5.56 Å². The normalized spacial score (nSPS) is 12.5. The van der Waals surface area contributed by atoms with Gasteiger partial charge in [0.1, 0.15) is 17.5 Å². The van der Waals surface area contributed by atoms with E-state index < -0.39 is 23.5 Å². The molecule has 2 aromatic carbocycles. The van der Waals surface area contributed by atoms with Crippen LogP contribution in [0, 0.1) is 31.3 Å². The number of hydrogen-bond donors (Lipinski definition) is 1. The molecule has 2 rings (SSSR count). The molecule has 0 aliphatic carbocycles. The molecule has 112 valence electrons. The van der Waals surface area contributed by atoms with E-state index in [0.717, 1.165) is 11.1 Å². The molecule has 0 spiro atoms. The van der Waals surface area contributed by atoms with Gasteiger partial charge in [-0.1, -0.05) is 17.7 Å². The molecule has 0 amide bonds. The monoisotopic (exact) mass is 313 g/mol. The Morgan fingerprint density at radius 2 is 1.48 bits per heavy atom. The van der Waals surface area contributed by atoms with Crippen LogP contribution in [0.5, 0.6) is 0 Å². The van der Waals surface area contributed by atoms with Crippen molar-refractivity contribution in [3.05, 3.63) is 69.0 Å². The first kappa shape index (κ1) is 15.9. The maximum atomic E-state index is 14.0. The van der Waals surface area contributed by atoms with Crippen LogP contribution < -0.4 is 5.32 Å². The van der Waals surface area contributed by atoms with Crippen molar-refractivity contribution in [2.24, 2.45) is 0 Å². The topological polar surface area (TPSA) is 12.0 Å². The Bertz CT molecular complexity index is 662. The van der Waals surface area contributed by atoms with Gasteiger partial charge in [0.25, 0.3) is 0 Å². The van der Waals surface area contributed by atoms with Crippen LogP contribution in [-0.2, 0) is 0 Å². The smallest absolute Gasteiger partial charge is 0.134 e. The molecule has 0 bridgehead atoms. The first-order valence-electron chi connectivity index (χ1n) is 6.43. The van der Waals surface area contributed by atoms with Gasteiger partial charge in [0.2, 0.25) is 0 Å². The summed E-state index contributed by atoms with van der Waals surface area (Å²) in [5.41, 5.74) is 2.24. The second-order valence-corrected chi connectivity index (χ2v) is 5.37. The molecular weight excluding hydrogens is 299 g/mol. The number of benzene rings is 2. The van der Waals surface area contributed by atoms with E-state index in [2.05, 4.69) is 5.32 Å². The fourth-order valence-corrected chi connectivity index (χ4v) is 2.64. The summed E-state index contributed by atoms with van der Waals surface area (Å²) >= 11 is 6.20. The van der Waals surface area contributed by atoms with Crippen LogP contribution in [0.15, 0.2) is 24.3 Å². The molecule has 1 nitrogen and oxygen atoms in total. The molecule has 0 aliphatic rings. The minimum Gasteiger partial charge on any atom is -0.309 e. The molecule has 1 unspecified atom stereocenters. The summed E-state index contributed by atoms with van der Waals surface area (Å²) in [6, 6.07) is 4.06. The van der Waals surface area contributed by atoms with E-state index in [1.165, 1.54) is 0 Å². The van der Waals surface area contributed by atoms with Gasteiger partial charge in [-0.05, 0) is 43.7 Å². The van der Waals surface area contributed by atoms with Gasteiger partial charge in [-0.2, -0.15) is 0 Å². The highest BCUT2D eigenvalue weighted by molar-refractivity contribution is 6.31. The fraction of sp³-hybridized carbons (Fsp3) is 0.250. The zero-order valence-electron chi connectivity index (χ0n) is 11.9.